The first-order chi connectivity index (χ1) is 16.8. The van der Waals surface area contributed by atoms with Crippen molar-refractivity contribution in [3.63, 3.8) is 0 Å². The van der Waals surface area contributed by atoms with Crippen LogP contribution in [0.5, 0.6) is 0 Å². The van der Waals surface area contributed by atoms with Gasteiger partial charge in [0.25, 0.3) is 11.5 Å². The van der Waals surface area contributed by atoms with Gasteiger partial charge in [-0.2, -0.15) is 0 Å². The van der Waals surface area contributed by atoms with Crippen molar-refractivity contribution in [3.8, 4) is 0 Å². The van der Waals surface area contributed by atoms with Gasteiger partial charge in [0.2, 0.25) is 0 Å². The maximum Gasteiger partial charge on any atom is 0.420 e. The molecule has 1 amide bonds. The number of hydrogen-bond donors (Lipinski definition) is 2. The van der Waals surface area contributed by atoms with Crippen LogP contribution in [0, 0.1) is 0 Å². The molecule has 4 rings (SSSR count). The quantitative estimate of drug-likeness (QED) is 0.357. The summed E-state index contributed by atoms with van der Waals surface area (Å²) in [6.45, 7) is -1.13. The Morgan fingerprint density at radius 2 is 1.71 bits per heavy atom. The summed E-state index contributed by atoms with van der Waals surface area (Å²) in [6, 6.07) is 15.5. The summed E-state index contributed by atoms with van der Waals surface area (Å²) in [6.07, 6.45) is 0. The Morgan fingerprint density at radius 3 is 2.46 bits per heavy atom. The number of H-pyrrole nitrogens is 1. The van der Waals surface area contributed by atoms with Crippen LogP contribution in [0.15, 0.2) is 73.4 Å². The predicted molar refractivity (Wildman–Crippen MR) is 126 cm³/mol. The Labute approximate surface area is 196 Å². The Balaban J connectivity index is 1.48. The van der Waals surface area contributed by atoms with Crippen LogP contribution in [-0.2, 0) is 27.4 Å². The van der Waals surface area contributed by atoms with Crippen molar-refractivity contribution in [1.82, 2.24) is 14.1 Å². The number of ether oxygens (including phenoxy) is 1. The van der Waals surface area contributed by atoms with Gasteiger partial charge in [-0.15, -0.1) is 0 Å². The van der Waals surface area contributed by atoms with E-state index in [2.05, 4.69) is 4.98 Å². The Bertz CT molecular complexity index is 1580. The lowest BCUT2D eigenvalue weighted by molar-refractivity contribution is -0.148. The number of aromatic amines is 1. The molecule has 12 nitrogen and oxygen atoms in total. The van der Waals surface area contributed by atoms with E-state index < -0.39 is 42.0 Å². The largest absolute Gasteiger partial charge is 0.454 e. The van der Waals surface area contributed by atoms with Crippen LogP contribution in [-0.4, -0.2) is 39.6 Å². The average Bonchev–Trinajstić information content (AvgIpc) is 3.15. The van der Waals surface area contributed by atoms with Crippen LogP contribution in [0.3, 0.4) is 0 Å². The number of rotatable bonds is 7. The fourth-order valence-corrected chi connectivity index (χ4v) is 3.53. The topological polar surface area (TPSA) is 163 Å². The number of nitrogens with one attached hydrogen (secondary N) is 1. The number of benzene rings is 2. The molecular formula is C23H21N5O7. The molecule has 2 heterocycles. The summed E-state index contributed by atoms with van der Waals surface area (Å²) in [5.41, 5.74) is 5.68. The molecule has 0 aliphatic carbocycles. The number of anilines is 2. The third-order valence-electron chi connectivity index (χ3n) is 5.32. The number of nitrogen functional groups attached to an aromatic ring is 1. The standard InChI is InChI=1S/C23H21N5O7/c1-26(19-20(24)28(22(32)25-21(19)31)11-14-7-3-2-4-8-14)17(29)13-34-18(30)12-27-15-9-5-6-10-16(15)35-23(27)33/h2-10H,11-13,24H2,1H3,(H,25,31,32). The molecule has 0 fully saturated rings. The van der Waals surface area contributed by atoms with Gasteiger partial charge in [0.15, 0.2) is 17.9 Å². The second-order valence-electron chi connectivity index (χ2n) is 7.60. The molecule has 180 valence electrons. The van der Waals surface area contributed by atoms with Gasteiger partial charge in [-0.3, -0.25) is 28.5 Å². The molecule has 0 bridgehead atoms. The summed E-state index contributed by atoms with van der Waals surface area (Å²) in [4.78, 5) is 64.7. The Morgan fingerprint density at radius 1 is 1.03 bits per heavy atom. The second kappa shape index (κ2) is 9.55. The number of esters is 1. The molecule has 0 aliphatic heterocycles. The Kier molecular flexibility index (Phi) is 6.36. The number of fused-ring (bicyclic) bond motifs is 1. The molecule has 0 unspecified atom stereocenters. The average molecular weight is 479 g/mol. The van der Waals surface area contributed by atoms with Gasteiger partial charge in [0, 0.05) is 7.05 Å². The molecular weight excluding hydrogens is 458 g/mol. The first-order valence-electron chi connectivity index (χ1n) is 10.4. The van der Waals surface area contributed by atoms with Crippen molar-refractivity contribution in [2.24, 2.45) is 0 Å². The van der Waals surface area contributed by atoms with Gasteiger partial charge < -0.3 is 19.8 Å². The van der Waals surface area contributed by atoms with E-state index in [1.165, 1.54) is 7.05 Å². The molecule has 0 aliphatic rings. The lowest BCUT2D eigenvalue weighted by Gasteiger charge is -2.20. The molecule has 0 atom stereocenters. The summed E-state index contributed by atoms with van der Waals surface area (Å²) < 4.78 is 12.3. The fraction of sp³-hybridized carbons (Fsp3) is 0.174. The number of nitrogens with two attached hydrogens (primary N) is 1. The Hall–Kier alpha value is -4.87. The van der Waals surface area contributed by atoms with E-state index in [-0.39, 0.29) is 18.1 Å². The summed E-state index contributed by atoms with van der Waals surface area (Å²) in [5.74, 6) is -2.60. The molecule has 4 aromatic rings. The van der Waals surface area contributed by atoms with Crippen LogP contribution < -0.4 is 27.6 Å². The van der Waals surface area contributed by atoms with Crippen molar-refractivity contribution in [3.05, 3.63) is 91.5 Å². The second-order valence-corrected chi connectivity index (χ2v) is 7.60. The van der Waals surface area contributed by atoms with Gasteiger partial charge >= 0.3 is 17.4 Å². The van der Waals surface area contributed by atoms with Crippen LogP contribution in [0.25, 0.3) is 11.1 Å². The van der Waals surface area contributed by atoms with E-state index in [1.54, 1.807) is 48.5 Å². The molecule has 12 heteroatoms. The van der Waals surface area contributed by atoms with Gasteiger partial charge in [-0.1, -0.05) is 42.5 Å². The molecule has 0 saturated carbocycles. The van der Waals surface area contributed by atoms with Crippen LogP contribution in [0.1, 0.15) is 5.56 Å². The number of nitrogens with zero attached hydrogens (tertiary/aromatic N) is 3. The monoisotopic (exact) mass is 479 g/mol. The summed E-state index contributed by atoms with van der Waals surface area (Å²) >= 11 is 0. The highest BCUT2D eigenvalue weighted by atomic mass is 16.5. The van der Waals surface area contributed by atoms with E-state index in [9.17, 15) is 24.0 Å². The maximum absolute atomic E-state index is 12.7. The van der Waals surface area contributed by atoms with Crippen molar-refractivity contribution >= 4 is 34.5 Å². The molecule has 0 radical (unpaired) electrons. The van der Waals surface area contributed by atoms with Crippen molar-refractivity contribution in [2.75, 3.05) is 24.3 Å². The number of carbonyl (C=O) groups is 2. The van der Waals surface area contributed by atoms with Gasteiger partial charge in [-0.25, -0.2) is 9.59 Å². The molecule has 2 aromatic heterocycles. The number of amides is 1. The van der Waals surface area contributed by atoms with Crippen molar-refractivity contribution < 1.29 is 18.7 Å². The predicted octanol–water partition coefficient (Wildman–Crippen LogP) is 0.281. The highest BCUT2D eigenvalue weighted by Crippen LogP contribution is 2.17. The van der Waals surface area contributed by atoms with E-state index in [0.717, 1.165) is 19.6 Å². The zero-order valence-electron chi connectivity index (χ0n) is 18.6. The first kappa shape index (κ1) is 23.3. The van der Waals surface area contributed by atoms with Crippen LogP contribution >= 0.6 is 0 Å². The third-order valence-corrected chi connectivity index (χ3v) is 5.32. The van der Waals surface area contributed by atoms with Crippen molar-refractivity contribution in [1.29, 1.82) is 0 Å². The van der Waals surface area contributed by atoms with Gasteiger partial charge in [0.05, 0.1) is 12.1 Å². The number of para-hydroxylation sites is 2. The normalized spacial score (nSPS) is 10.9. The van der Waals surface area contributed by atoms with Gasteiger partial charge in [-0.05, 0) is 17.7 Å². The minimum absolute atomic E-state index is 0.0692. The van der Waals surface area contributed by atoms with E-state index in [4.69, 9.17) is 14.9 Å². The van der Waals surface area contributed by atoms with Gasteiger partial charge in [0.1, 0.15) is 12.4 Å². The minimum Gasteiger partial charge on any atom is -0.454 e. The van der Waals surface area contributed by atoms with E-state index in [1.807, 2.05) is 6.07 Å². The number of carbonyl (C=O) groups excluding carboxylic acids is 2. The van der Waals surface area contributed by atoms with E-state index >= 15 is 0 Å². The number of hydrogen-bond acceptors (Lipinski definition) is 8. The summed E-state index contributed by atoms with van der Waals surface area (Å²) in [5, 5.41) is 0. The highest BCUT2D eigenvalue weighted by molar-refractivity contribution is 5.96. The van der Waals surface area contributed by atoms with Crippen LogP contribution in [0.4, 0.5) is 11.5 Å². The van der Waals surface area contributed by atoms with E-state index in [0.29, 0.717) is 11.1 Å². The molecule has 2 aromatic carbocycles. The summed E-state index contributed by atoms with van der Waals surface area (Å²) in [7, 11) is 1.27. The highest BCUT2D eigenvalue weighted by Gasteiger charge is 2.22. The SMILES string of the molecule is CN(C(=O)COC(=O)Cn1c(=O)oc2ccccc21)c1c(N)n(Cc2ccccc2)c(=O)[nH]c1=O. The minimum atomic E-state index is -0.865. The third kappa shape index (κ3) is 4.76. The number of oxazole rings is 1. The number of likely N-dealkylation sites (N-methyl/N-ethyl adjacent to an activating group) is 1. The first-order valence-corrected chi connectivity index (χ1v) is 10.4. The van der Waals surface area contributed by atoms with Crippen molar-refractivity contribution in [2.45, 2.75) is 13.1 Å². The smallest absolute Gasteiger partial charge is 0.420 e. The fourth-order valence-electron chi connectivity index (χ4n) is 3.53. The van der Waals surface area contributed by atoms with Crippen LogP contribution in [0.2, 0.25) is 0 Å². The molecule has 35 heavy (non-hydrogen) atoms. The molecule has 3 N–H and O–H groups in total. The zero-order chi connectivity index (χ0) is 25.1. The zero-order valence-corrected chi connectivity index (χ0v) is 18.6. The molecule has 0 saturated heterocycles. The number of aromatic nitrogens is 3. The lowest BCUT2D eigenvalue weighted by Crippen LogP contribution is -2.41. The molecule has 0 spiro atoms. The lowest BCUT2D eigenvalue weighted by atomic mass is 10.2. The maximum atomic E-state index is 12.7.